The van der Waals surface area contributed by atoms with Crippen LogP contribution in [0.2, 0.25) is 0 Å². The second-order valence-corrected chi connectivity index (χ2v) is 11.1. The predicted octanol–water partition coefficient (Wildman–Crippen LogP) is -1.99. The molecule has 0 saturated carbocycles. The van der Waals surface area contributed by atoms with Crippen molar-refractivity contribution in [3.63, 3.8) is 0 Å². The van der Waals surface area contributed by atoms with Gasteiger partial charge in [0.15, 0.2) is 18.4 Å². The first-order valence-corrected chi connectivity index (χ1v) is 14.7. The fourth-order valence-corrected chi connectivity index (χ4v) is 5.28. The number of carbonyl (C=O) groups is 2. The Kier molecular flexibility index (Phi) is 13.1. The van der Waals surface area contributed by atoms with Crippen molar-refractivity contribution in [1.82, 2.24) is 10.2 Å². The molecule has 7 atom stereocenters. The van der Waals surface area contributed by atoms with Crippen LogP contribution in [-0.2, 0) is 33.3 Å². The standard InChI is InChI=1S/C30H44N4O13/c1-6-17-18(8-7-16-11-34(9-10-35)12-19(25(38)39)22(16)33-29(31)32-4)20(26(40)43-5)14-44-27(17)47-28-24(45-15(2)3)30(41,42)23(37)21(13-36)46-28/h6-8,12,14-15,17-18,21,23-24,27-28,35-37,41-42H,1,9-11,13H2,2-5H3,(H,38,39)(H3,31,32,33). The van der Waals surface area contributed by atoms with E-state index in [1.54, 1.807) is 30.9 Å². The summed E-state index contributed by atoms with van der Waals surface area (Å²) < 4.78 is 28.1. The summed E-state index contributed by atoms with van der Waals surface area (Å²) in [6.07, 6.45) is -1.51. The molecule has 0 radical (unpaired) electrons. The number of aliphatic hydroxyl groups is 5. The van der Waals surface area contributed by atoms with E-state index >= 15 is 0 Å². The first-order valence-electron chi connectivity index (χ1n) is 14.7. The quantitative estimate of drug-likeness (QED) is 0.0347. The highest BCUT2D eigenvalue weighted by Crippen LogP contribution is 2.38. The number of guanidine groups is 1. The number of carboxylic acid groups (broad SMARTS) is 1. The molecule has 9 N–H and O–H groups in total. The number of carboxylic acids is 1. The molecule has 0 aromatic rings. The van der Waals surface area contributed by atoms with Gasteiger partial charge in [-0.25, -0.2) is 9.59 Å². The van der Waals surface area contributed by atoms with Crippen molar-refractivity contribution in [3.8, 4) is 0 Å². The number of carbonyl (C=O) groups excluding carboxylic acids is 1. The molecule has 0 spiro atoms. The lowest BCUT2D eigenvalue weighted by atomic mass is 9.83. The van der Waals surface area contributed by atoms with Crippen LogP contribution < -0.4 is 11.1 Å². The molecular weight excluding hydrogens is 624 g/mol. The zero-order chi connectivity index (χ0) is 35.1. The van der Waals surface area contributed by atoms with Gasteiger partial charge < -0.3 is 70.3 Å². The normalized spacial score (nSPS) is 29.7. The number of β-amino-alcohol motifs (C(OH)–C–C–N with tert-alkyl or cyclic N) is 1. The molecule has 1 fully saturated rings. The van der Waals surface area contributed by atoms with Gasteiger partial charge >= 0.3 is 11.9 Å². The number of nitrogens with two attached hydrogens (primary N) is 1. The molecule has 3 aliphatic heterocycles. The number of methoxy groups -OCH3 is 1. The third-order valence-electron chi connectivity index (χ3n) is 7.63. The second-order valence-electron chi connectivity index (χ2n) is 11.1. The smallest absolute Gasteiger partial charge is 0.339 e. The Labute approximate surface area is 271 Å². The van der Waals surface area contributed by atoms with Gasteiger partial charge in [-0.15, -0.1) is 6.58 Å². The number of hydrogen-bond acceptors (Lipinski definition) is 14. The molecule has 17 heteroatoms. The van der Waals surface area contributed by atoms with Gasteiger partial charge in [-0.05, 0) is 19.4 Å². The van der Waals surface area contributed by atoms with Crippen LogP contribution in [0.3, 0.4) is 0 Å². The van der Waals surface area contributed by atoms with E-state index in [0.717, 1.165) is 6.26 Å². The predicted molar refractivity (Wildman–Crippen MR) is 163 cm³/mol. The molecule has 262 valence electrons. The molecule has 0 aromatic heterocycles. The Hall–Kier alpha value is -3.81. The molecule has 47 heavy (non-hydrogen) atoms. The Bertz CT molecular complexity index is 1310. The Morgan fingerprint density at radius 2 is 2.00 bits per heavy atom. The van der Waals surface area contributed by atoms with Gasteiger partial charge in [-0.1, -0.05) is 18.2 Å². The van der Waals surface area contributed by atoms with E-state index in [4.69, 9.17) is 29.4 Å². The Morgan fingerprint density at radius 1 is 1.30 bits per heavy atom. The third kappa shape index (κ3) is 8.57. The largest absolute Gasteiger partial charge is 0.478 e. The number of aliphatic imine (C=N–C) groups is 1. The van der Waals surface area contributed by atoms with Gasteiger partial charge in [0.1, 0.15) is 12.2 Å². The van der Waals surface area contributed by atoms with Crippen LogP contribution in [-0.4, -0.2) is 137 Å². The van der Waals surface area contributed by atoms with Crippen LogP contribution in [0.15, 0.2) is 64.7 Å². The third-order valence-corrected chi connectivity index (χ3v) is 7.63. The molecule has 3 rings (SSSR count). The highest BCUT2D eigenvalue weighted by Gasteiger charge is 2.57. The molecular formula is C30H44N4O13. The first-order chi connectivity index (χ1) is 22.2. The van der Waals surface area contributed by atoms with Gasteiger partial charge in [-0.3, -0.25) is 4.99 Å². The summed E-state index contributed by atoms with van der Waals surface area (Å²) in [6.45, 7) is 6.31. The average Bonchev–Trinajstić information content (AvgIpc) is 3.03. The maximum Gasteiger partial charge on any atom is 0.339 e. The van der Waals surface area contributed by atoms with Gasteiger partial charge in [0, 0.05) is 32.3 Å². The fraction of sp³-hybridized carbons (Fsp3) is 0.567. The zero-order valence-corrected chi connectivity index (χ0v) is 26.6. The molecule has 0 amide bonds. The zero-order valence-electron chi connectivity index (χ0n) is 26.6. The fourth-order valence-electron chi connectivity index (χ4n) is 5.28. The summed E-state index contributed by atoms with van der Waals surface area (Å²) in [4.78, 5) is 30.5. The van der Waals surface area contributed by atoms with Gasteiger partial charge in [-0.2, -0.15) is 0 Å². The van der Waals surface area contributed by atoms with Crippen molar-refractivity contribution in [2.24, 2.45) is 22.6 Å². The van der Waals surface area contributed by atoms with Crippen LogP contribution in [0.5, 0.6) is 0 Å². The summed E-state index contributed by atoms with van der Waals surface area (Å²) in [6, 6.07) is 0. The summed E-state index contributed by atoms with van der Waals surface area (Å²) >= 11 is 0. The summed E-state index contributed by atoms with van der Waals surface area (Å²) in [5, 5.41) is 64.1. The molecule has 7 unspecified atom stereocenters. The minimum atomic E-state index is -2.90. The lowest BCUT2D eigenvalue weighted by molar-refractivity contribution is -0.413. The van der Waals surface area contributed by atoms with Crippen molar-refractivity contribution in [3.05, 3.63) is 59.7 Å². The lowest BCUT2D eigenvalue weighted by Gasteiger charge is -2.48. The molecule has 0 aromatic carbocycles. The van der Waals surface area contributed by atoms with Gasteiger partial charge in [0.2, 0.25) is 12.1 Å². The highest BCUT2D eigenvalue weighted by atomic mass is 16.8. The van der Waals surface area contributed by atoms with E-state index in [0.29, 0.717) is 5.57 Å². The SMILES string of the molecule is C=CC1C(OC2OC(CO)C(O)C(O)(O)C2OC(C)C)OC=C(C(=O)OC)C1C=CC1=C(NC(N)=NC)C(C(=O)O)=CN(CCO)C1. The number of hydrogen-bond donors (Lipinski definition) is 8. The van der Waals surface area contributed by atoms with Crippen LogP contribution in [0.25, 0.3) is 0 Å². The van der Waals surface area contributed by atoms with Crippen molar-refractivity contribution >= 4 is 17.9 Å². The Morgan fingerprint density at radius 3 is 2.55 bits per heavy atom. The summed E-state index contributed by atoms with van der Waals surface area (Å²) in [7, 11) is 2.60. The van der Waals surface area contributed by atoms with Crippen molar-refractivity contribution in [2.75, 3.05) is 40.5 Å². The molecule has 0 aliphatic carbocycles. The number of ether oxygens (including phenoxy) is 5. The molecule has 17 nitrogen and oxygen atoms in total. The van der Waals surface area contributed by atoms with Crippen LogP contribution >= 0.6 is 0 Å². The molecule has 3 aliphatic rings. The summed E-state index contributed by atoms with van der Waals surface area (Å²) in [5.41, 5.74) is 6.30. The first kappa shape index (κ1) is 37.6. The lowest BCUT2D eigenvalue weighted by Crippen LogP contribution is -2.69. The van der Waals surface area contributed by atoms with E-state index in [9.17, 15) is 40.2 Å². The van der Waals surface area contributed by atoms with E-state index in [1.165, 1.54) is 26.4 Å². The van der Waals surface area contributed by atoms with E-state index in [2.05, 4.69) is 16.9 Å². The topological polar surface area (TPSA) is 255 Å². The number of aliphatic hydroxyl groups excluding tert-OH is 3. The number of nitrogens with one attached hydrogen (secondary N) is 1. The molecule has 1 saturated heterocycles. The number of esters is 1. The van der Waals surface area contributed by atoms with E-state index < -0.39 is 73.2 Å². The van der Waals surface area contributed by atoms with Crippen LogP contribution in [0.4, 0.5) is 0 Å². The van der Waals surface area contributed by atoms with Crippen LogP contribution in [0.1, 0.15) is 13.8 Å². The van der Waals surface area contributed by atoms with Crippen molar-refractivity contribution < 1.29 is 63.9 Å². The number of aliphatic carboxylic acids is 1. The van der Waals surface area contributed by atoms with Crippen molar-refractivity contribution in [1.29, 1.82) is 0 Å². The maximum atomic E-state index is 12.9. The van der Waals surface area contributed by atoms with E-state index in [1.807, 2.05) is 0 Å². The van der Waals surface area contributed by atoms with E-state index in [-0.39, 0.29) is 42.5 Å². The molecule has 0 bridgehead atoms. The number of allylic oxidation sites excluding steroid dienone is 1. The monoisotopic (exact) mass is 668 g/mol. The minimum Gasteiger partial charge on any atom is -0.478 e. The minimum absolute atomic E-state index is 0.0390. The van der Waals surface area contributed by atoms with Gasteiger partial charge in [0.25, 0.3) is 0 Å². The van der Waals surface area contributed by atoms with Gasteiger partial charge in [0.05, 0.1) is 55.5 Å². The maximum absolute atomic E-state index is 12.9. The average molecular weight is 669 g/mol. The molecule has 3 heterocycles. The number of nitrogens with zero attached hydrogens (tertiary/aromatic N) is 2. The van der Waals surface area contributed by atoms with Crippen molar-refractivity contribution in [2.45, 2.75) is 56.6 Å². The highest BCUT2D eigenvalue weighted by molar-refractivity contribution is 5.95. The second kappa shape index (κ2) is 16.3. The summed E-state index contributed by atoms with van der Waals surface area (Å²) in [5.74, 6) is -6.75. The Balaban J connectivity index is 2.07. The number of rotatable bonds is 13. The van der Waals surface area contributed by atoms with Crippen LogP contribution in [0, 0.1) is 11.8 Å².